The molecule has 0 aliphatic rings. The van der Waals surface area contributed by atoms with E-state index in [-0.39, 0.29) is 36.7 Å². The zero-order chi connectivity index (χ0) is 17.7. The summed E-state index contributed by atoms with van der Waals surface area (Å²) in [5, 5.41) is 19.5. The summed E-state index contributed by atoms with van der Waals surface area (Å²) in [5.41, 5.74) is 2.98. The lowest BCUT2D eigenvalue weighted by Crippen LogP contribution is -2.42. The second-order valence-electron chi connectivity index (χ2n) is 6.10. The van der Waals surface area contributed by atoms with E-state index in [1.54, 1.807) is 12.1 Å². The number of carbonyl (C=O) groups is 1. The summed E-state index contributed by atoms with van der Waals surface area (Å²) >= 11 is 0. The van der Waals surface area contributed by atoms with Gasteiger partial charge in [-0.25, -0.2) is 4.39 Å². The van der Waals surface area contributed by atoms with E-state index in [1.165, 1.54) is 12.1 Å². The molecule has 0 saturated carbocycles. The molecule has 0 radical (unpaired) electrons. The van der Waals surface area contributed by atoms with E-state index >= 15 is 0 Å². The largest absolute Gasteiger partial charge is 0.394 e. The topological polar surface area (TPSA) is 78.0 Å². The number of rotatable bonds is 7. The van der Waals surface area contributed by atoms with Gasteiger partial charge in [0.2, 0.25) is 5.91 Å². The highest BCUT2D eigenvalue weighted by atomic mass is 19.1. The molecule has 1 aromatic carbocycles. The van der Waals surface area contributed by atoms with Gasteiger partial charge in [0, 0.05) is 16.8 Å². The van der Waals surface area contributed by atoms with Crippen molar-refractivity contribution in [3.63, 3.8) is 0 Å². The summed E-state index contributed by atoms with van der Waals surface area (Å²) in [7, 11) is 0. The molecule has 24 heavy (non-hydrogen) atoms. The Labute approximate surface area is 141 Å². The molecule has 2 aromatic rings. The van der Waals surface area contributed by atoms with Crippen LogP contribution in [0.3, 0.4) is 0 Å². The Morgan fingerprint density at radius 3 is 2.62 bits per heavy atom. The van der Waals surface area contributed by atoms with Crippen molar-refractivity contribution in [2.45, 2.75) is 39.7 Å². The lowest BCUT2D eigenvalue weighted by Gasteiger charge is -2.22. The van der Waals surface area contributed by atoms with E-state index in [2.05, 4.69) is 15.5 Å². The highest BCUT2D eigenvalue weighted by molar-refractivity contribution is 5.81. The molecule has 0 unspecified atom stereocenters. The van der Waals surface area contributed by atoms with Crippen LogP contribution in [0.4, 0.5) is 4.39 Å². The van der Waals surface area contributed by atoms with E-state index in [0.717, 1.165) is 23.2 Å². The minimum Gasteiger partial charge on any atom is -0.394 e. The Bertz CT molecular complexity index is 682. The van der Waals surface area contributed by atoms with E-state index in [4.69, 9.17) is 0 Å². The Kier molecular flexibility index (Phi) is 6.09. The van der Waals surface area contributed by atoms with Gasteiger partial charge in [-0.05, 0) is 37.1 Å². The molecular weight excluding hydrogens is 309 g/mol. The van der Waals surface area contributed by atoms with Crippen molar-refractivity contribution >= 4 is 5.91 Å². The number of amides is 1. The molecule has 2 rings (SSSR count). The smallest absolute Gasteiger partial charge is 0.224 e. The van der Waals surface area contributed by atoms with Gasteiger partial charge in [0.05, 0.1) is 24.8 Å². The van der Waals surface area contributed by atoms with Crippen molar-refractivity contribution in [1.82, 2.24) is 15.5 Å². The van der Waals surface area contributed by atoms with E-state index in [0.29, 0.717) is 5.69 Å². The number of aromatic nitrogens is 2. The molecule has 0 spiro atoms. The van der Waals surface area contributed by atoms with Gasteiger partial charge in [-0.15, -0.1) is 0 Å². The number of H-pyrrole nitrogens is 1. The Morgan fingerprint density at radius 1 is 1.38 bits per heavy atom. The molecule has 0 bridgehead atoms. The van der Waals surface area contributed by atoms with Gasteiger partial charge in [0.25, 0.3) is 0 Å². The number of nitrogens with one attached hydrogen (secondary N) is 2. The molecule has 0 aliphatic heterocycles. The molecular formula is C18H24FN3O2. The molecule has 3 N–H and O–H groups in total. The maximum absolute atomic E-state index is 13.1. The molecule has 6 heteroatoms. The van der Waals surface area contributed by atoms with Crippen molar-refractivity contribution in [3.05, 3.63) is 41.3 Å². The first kappa shape index (κ1) is 18.1. The molecule has 0 fully saturated rings. The second-order valence-corrected chi connectivity index (χ2v) is 6.10. The van der Waals surface area contributed by atoms with Crippen molar-refractivity contribution in [1.29, 1.82) is 0 Å². The number of aryl methyl sites for hydroxylation is 1. The minimum absolute atomic E-state index is 0.0874. The Balaban J connectivity index is 2.16. The number of halogens is 1. The van der Waals surface area contributed by atoms with Crippen LogP contribution >= 0.6 is 0 Å². The van der Waals surface area contributed by atoms with Crippen LogP contribution in [0.1, 0.15) is 31.5 Å². The molecule has 1 heterocycles. The third kappa shape index (κ3) is 4.20. The summed E-state index contributed by atoms with van der Waals surface area (Å²) in [6, 6.07) is 5.76. The molecule has 0 aliphatic carbocycles. The predicted octanol–water partition coefficient (Wildman–Crippen LogP) is 2.59. The number of carbonyl (C=O) groups excluding carboxylic acids is 1. The normalized spacial score (nSPS) is 13.5. The molecule has 2 atom stereocenters. The number of aliphatic hydroxyl groups excluding tert-OH is 1. The number of hydrogen-bond acceptors (Lipinski definition) is 3. The first-order valence-electron chi connectivity index (χ1n) is 8.16. The van der Waals surface area contributed by atoms with Crippen LogP contribution in [-0.4, -0.2) is 33.9 Å². The zero-order valence-corrected chi connectivity index (χ0v) is 14.3. The number of hydrogen-bond donors (Lipinski definition) is 3. The van der Waals surface area contributed by atoms with Crippen LogP contribution in [0.5, 0.6) is 0 Å². The fraction of sp³-hybridized carbons (Fsp3) is 0.444. The average molecular weight is 333 g/mol. The Hall–Kier alpha value is -2.21. The molecule has 0 saturated heterocycles. The van der Waals surface area contributed by atoms with Gasteiger partial charge in [-0.3, -0.25) is 9.89 Å². The third-order valence-electron chi connectivity index (χ3n) is 4.40. The van der Waals surface area contributed by atoms with Gasteiger partial charge >= 0.3 is 0 Å². The van der Waals surface area contributed by atoms with Gasteiger partial charge in [-0.1, -0.05) is 20.3 Å². The second kappa shape index (κ2) is 8.06. The number of benzene rings is 1. The highest BCUT2D eigenvalue weighted by Crippen LogP contribution is 2.24. The van der Waals surface area contributed by atoms with Crippen LogP contribution in [0.2, 0.25) is 0 Å². The molecule has 1 aromatic heterocycles. The summed E-state index contributed by atoms with van der Waals surface area (Å²) in [5.74, 6) is -0.284. The van der Waals surface area contributed by atoms with Crippen LogP contribution in [-0.2, 0) is 11.2 Å². The summed E-state index contributed by atoms with van der Waals surface area (Å²) in [6.45, 7) is 5.78. The first-order chi connectivity index (χ1) is 11.5. The van der Waals surface area contributed by atoms with Gasteiger partial charge in [0.15, 0.2) is 0 Å². The molecule has 130 valence electrons. The van der Waals surface area contributed by atoms with Crippen molar-refractivity contribution in [3.8, 4) is 11.3 Å². The molecule has 5 nitrogen and oxygen atoms in total. The minimum atomic E-state index is -0.315. The lowest BCUT2D eigenvalue weighted by molar-refractivity contribution is -0.121. The standard InChI is InChI=1S/C18H24FN3O2/c1-4-11(2)16(10-23)20-17(24)9-15-12(3)21-22-18(15)13-5-7-14(19)8-6-13/h5-8,11,16,23H,4,9-10H2,1-3H3,(H,20,24)(H,21,22)/t11-,16+/m1/s1. The van der Waals surface area contributed by atoms with E-state index in [9.17, 15) is 14.3 Å². The average Bonchev–Trinajstić information content (AvgIpc) is 2.93. The van der Waals surface area contributed by atoms with Gasteiger partial charge in [0.1, 0.15) is 5.82 Å². The fourth-order valence-corrected chi connectivity index (χ4v) is 2.59. The van der Waals surface area contributed by atoms with Crippen LogP contribution in [0.15, 0.2) is 24.3 Å². The summed E-state index contributed by atoms with van der Waals surface area (Å²) in [4.78, 5) is 12.4. The zero-order valence-electron chi connectivity index (χ0n) is 14.3. The lowest BCUT2D eigenvalue weighted by atomic mass is 9.99. The van der Waals surface area contributed by atoms with Crippen LogP contribution in [0.25, 0.3) is 11.3 Å². The van der Waals surface area contributed by atoms with E-state index in [1.807, 2.05) is 20.8 Å². The monoisotopic (exact) mass is 333 g/mol. The number of nitrogens with zero attached hydrogens (tertiary/aromatic N) is 1. The summed E-state index contributed by atoms with van der Waals surface area (Å²) < 4.78 is 13.1. The van der Waals surface area contributed by atoms with Crippen molar-refractivity contribution in [2.24, 2.45) is 5.92 Å². The predicted molar refractivity (Wildman–Crippen MR) is 90.9 cm³/mol. The van der Waals surface area contributed by atoms with Crippen LogP contribution in [0, 0.1) is 18.7 Å². The maximum Gasteiger partial charge on any atom is 0.224 e. The van der Waals surface area contributed by atoms with Crippen molar-refractivity contribution in [2.75, 3.05) is 6.61 Å². The van der Waals surface area contributed by atoms with Gasteiger partial charge < -0.3 is 10.4 Å². The first-order valence-corrected chi connectivity index (χ1v) is 8.16. The third-order valence-corrected chi connectivity index (χ3v) is 4.40. The van der Waals surface area contributed by atoms with Gasteiger partial charge in [-0.2, -0.15) is 5.10 Å². The number of aliphatic hydroxyl groups is 1. The quantitative estimate of drug-likeness (QED) is 0.729. The maximum atomic E-state index is 13.1. The van der Waals surface area contributed by atoms with E-state index < -0.39 is 0 Å². The molecule has 1 amide bonds. The summed E-state index contributed by atoms with van der Waals surface area (Å²) in [6.07, 6.45) is 1.03. The van der Waals surface area contributed by atoms with Crippen LogP contribution < -0.4 is 5.32 Å². The SMILES string of the molecule is CC[C@@H](C)[C@H](CO)NC(=O)Cc1c(-c2ccc(F)cc2)n[nH]c1C. The highest BCUT2D eigenvalue weighted by Gasteiger charge is 2.20. The van der Waals surface area contributed by atoms with Crippen molar-refractivity contribution < 1.29 is 14.3 Å². The Morgan fingerprint density at radius 2 is 2.04 bits per heavy atom. The number of aromatic amines is 1. The fourth-order valence-electron chi connectivity index (χ4n) is 2.59.